The minimum absolute atomic E-state index is 0.00992. The van der Waals surface area contributed by atoms with Gasteiger partial charge in [-0.05, 0) is 36.8 Å². The Balaban J connectivity index is 2.32. The number of hydrogen-bond donors (Lipinski definition) is 1. The molecule has 2 aromatic rings. The lowest BCUT2D eigenvalue weighted by Gasteiger charge is -2.19. The Hall–Kier alpha value is -2.73. The fourth-order valence-corrected chi connectivity index (χ4v) is 2.78. The third-order valence-electron chi connectivity index (χ3n) is 4.19. The molecule has 1 atom stereocenters. The van der Waals surface area contributed by atoms with Gasteiger partial charge in [0.05, 0.1) is 33.8 Å². The first-order chi connectivity index (χ1) is 12.9. The highest BCUT2D eigenvalue weighted by Gasteiger charge is 2.21. The third kappa shape index (κ3) is 5.14. The first-order valence-electron chi connectivity index (χ1n) is 8.25. The van der Waals surface area contributed by atoms with E-state index in [-0.39, 0.29) is 12.3 Å². The van der Waals surface area contributed by atoms with Crippen LogP contribution in [0.1, 0.15) is 33.9 Å². The van der Waals surface area contributed by atoms with E-state index in [2.05, 4.69) is 5.32 Å². The zero-order valence-corrected chi connectivity index (χ0v) is 16.4. The standard InChI is InChI=1S/C20H22ClNO5/c1-12-17(25-2)9-14(10-18(12)26-3)20(24)22-16(11-19(23)27-4)13-5-7-15(21)8-6-13/h5-10,16H,11H2,1-4H3,(H,22,24). The summed E-state index contributed by atoms with van der Waals surface area (Å²) in [5, 5.41) is 3.43. The molecule has 1 N–H and O–H groups in total. The van der Waals surface area contributed by atoms with Gasteiger partial charge in [0.15, 0.2) is 0 Å². The van der Waals surface area contributed by atoms with Gasteiger partial charge in [0, 0.05) is 16.1 Å². The van der Waals surface area contributed by atoms with Crippen LogP contribution >= 0.6 is 11.6 Å². The molecule has 0 saturated heterocycles. The molecular formula is C20H22ClNO5. The lowest BCUT2D eigenvalue weighted by atomic mass is 10.0. The summed E-state index contributed by atoms with van der Waals surface area (Å²) in [7, 11) is 4.35. The van der Waals surface area contributed by atoms with Gasteiger partial charge in [0.2, 0.25) is 0 Å². The first-order valence-corrected chi connectivity index (χ1v) is 8.63. The lowest BCUT2D eigenvalue weighted by Crippen LogP contribution is -2.30. The van der Waals surface area contributed by atoms with Crippen LogP contribution in [0, 0.1) is 6.92 Å². The van der Waals surface area contributed by atoms with Gasteiger partial charge in [-0.3, -0.25) is 9.59 Å². The largest absolute Gasteiger partial charge is 0.496 e. The molecule has 0 aromatic heterocycles. The Morgan fingerprint density at radius 2 is 1.59 bits per heavy atom. The van der Waals surface area contributed by atoms with Crippen molar-refractivity contribution in [1.29, 1.82) is 0 Å². The predicted molar refractivity (Wildman–Crippen MR) is 103 cm³/mol. The summed E-state index contributed by atoms with van der Waals surface area (Å²) in [5.41, 5.74) is 1.89. The van der Waals surface area contributed by atoms with Crippen LogP contribution in [-0.2, 0) is 9.53 Å². The Bertz CT molecular complexity index is 795. The first kappa shape index (κ1) is 20.6. The zero-order valence-electron chi connectivity index (χ0n) is 15.7. The van der Waals surface area contributed by atoms with Gasteiger partial charge >= 0.3 is 5.97 Å². The van der Waals surface area contributed by atoms with Crippen LogP contribution in [0.3, 0.4) is 0 Å². The molecule has 0 fully saturated rings. The highest BCUT2D eigenvalue weighted by molar-refractivity contribution is 6.30. The number of nitrogens with one attached hydrogen (secondary N) is 1. The maximum absolute atomic E-state index is 12.8. The van der Waals surface area contributed by atoms with Crippen LogP contribution in [0.25, 0.3) is 0 Å². The maximum atomic E-state index is 12.8. The Morgan fingerprint density at radius 1 is 1.04 bits per heavy atom. The molecule has 1 amide bonds. The Kier molecular flexibility index (Phi) is 7.07. The number of carbonyl (C=O) groups is 2. The van der Waals surface area contributed by atoms with Crippen molar-refractivity contribution in [3.05, 3.63) is 58.1 Å². The fourth-order valence-electron chi connectivity index (χ4n) is 2.66. The molecule has 2 rings (SSSR count). The van der Waals surface area contributed by atoms with Gasteiger partial charge in [-0.2, -0.15) is 0 Å². The molecule has 6 nitrogen and oxygen atoms in total. The van der Waals surface area contributed by atoms with Gasteiger partial charge in [-0.25, -0.2) is 0 Å². The average molecular weight is 392 g/mol. The van der Waals surface area contributed by atoms with Gasteiger partial charge in [-0.1, -0.05) is 23.7 Å². The van der Waals surface area contributed by atoms with Crippen molar-refractivity contribution < 1.29 is 23.8 Å². The molecule has 0 aliphatic heterocycles. The normalized spacial score (nSPS) is 11.4. The second-order valence-electron chi connectivity index (χ2n) is 5.86. The van der Waals surface area contributed by atoms with Gasteiger partial charge in [-0.15, -0.1) is 0 Å². The van der Waals surface area contributed by atoms with E-state index in [4.69, 9.17) is 25.8 Å². The fraction of sp³-hybridized carbons (Fsp3) is 0.300. The Morgan fingerprint density at radius 3 is 2.07 bits per heavy atom. The highest BCUT2D eigenvalue weighted by Crippen LogP contribution is 2.30. The molecule has 0 aliphatic rings. The molecule has 7 heteroatoms. The molecule has 0 aliphatic carbocycles. The van der Waals surface area contributed by atoms with Gasteiger partial charge < -0.3 is 19.5 Å². The molecule has 144 valence electrons. The van der Waals surface area contributed by atoms with Crippen molar-refractivity contribution in [2.45, 2.75) is 19.4 Å². The monoisotopic (exact) mass is 391 g/mol. The summed E-state index contributed by atoms with van der Waals surface area (Å²) >= 11 is 5.93. The van der Waals surface area contributed by atoms with Crippen molar-refractivity contribution in [2.24, 2.45) is 0 Å². The van der Waals surface area contributed by atoms with Gasteiger partial charge in [0.1, 0.15) is 11.5 Å². The van der Waals surface area contributed by atoms with Crippen molar-refractivity contribution in [1.82, 2.24) is 5.32 Å². The van der Waals surface area contributed by atoms with Crippen molar-refractivity contribution in [2.75, 3.05) is 21.3 Å². The lowest BCUT2D eigenvalue weighted by molar-refractivity contribution is -0.141. The van der Waals surface area contributed by atoms with Gasteiger partial charge in [0.25, 0.3) is 5.91 Å². The predicted octanol–water partition coefficient (Wildman–Crippen LogP) is 3.70. The summed E-state index contributed by atoms with van der Waals surface area (Å²) in [5.74, 6) is 0.274. The average Bonchev–Trinajstić information content (AvgIpc) is 2.67. The number of ether oxygens (including phenoxy) is 3. The molecular weight excluding hydrogens is 370 g/mol. The van der Waals surface area contributed by atoms with Crippen LogP contribution in [0.4, 0.5) is 0 Å². The van der Waals surface area contributed by atoms with E-state index >= 15 is 0 Å². The van der Waals surface area contributed by atoms with E-state index in [1.165, 1.54) is 21.3 Å². The number of hydrogen-bond acceptors (Lipinski definition) is 5. The molecule has 2 aromatic carbocycles. The smallest absolute Gasteiger partial charge is 0.307 e. The summed E-state index contributed by atoms with van der Waals surface area (Å²) in [6.45, 7) is 1.84. The van der Waals surface area contributed by atoms with E-state index in [0.717, 1.165) is 11.1 Å². The van der Waals surface area contributed by atoms with E-state index < -0.39 is 12.0 Å². The summed E-state index contributed by atoms with van der Waals surface area (Å²) in [4.78, 5) is 24.6. The number of rotatable bonds is 7. The molecule has 0 bridgehead atoms. The summed E-state index contributed by atoms with van der Waals surface area (Å²) < 4.78 is 15.4. The van der Waals surface area contributed by atoms with Crippen LogP contribution in [0.5, 0.6) is 11.5 Å². The second kappa shape index (κ2) is 9.28. The van der Waals surface area contributed by atoms with E-state index in [1.807, 2.05) is 6.92 Å². The van der Waals surface area contributed by atoms with Crippen LogP contribution < -0.4 is 14.8 Å². The molecule has 1 unspecified atom stereocenters. The number of amides is 1. The van der Waals surface area contributed by atoms with Crippen molar-refractivity contribution in [3.63, 3.8) is 0 Å². The highest BCUT2D eigenvalue weighted by atomic mass is 35.5. The molecule has 0 spiro atoms. The molecule has 27 heavy (non-hydrogen) atoms. The van der Waals surface area contributed by atoms with Crippen molar-refractivity contribution in [3.8, 4) is 11.5 Å². The van der Waals surface area contributed by atoms with E-state index in [9.17, 15) is 9.59 Å². The number of carbonyl (C=O) groups excluding carboxylic acids is 2. The van der Waals surface area contributed by atoms with E-state index in [0.29, 0.717) is 22.1 Å². The maximum Gasteiger partial charge on any atom is 0.307 e. The third-order valence-corrected chi connectivity index (χ3v) is 4.44. The topological polar surface area (TPSA) is 73.9 Å². The minimum Gasteiger partial charge on any atom is -0.496 e. The number of halogens is 1. The second-order valence-corrected chi connectivity index (χ2v) is 6.30. The van der Waals surface area contributed by atoms with Crippen molar-refractivity contribution >= 4 is 23.5 Å². The molecule has 0 heterocycles. The molecule has 0 radical (unpaired) electrons. The Labute approximate surface area is 163 Å². The summed E-state index contributed by atoms with van der Waals surface area (Å²) in [6, 6.07) is 9.60. The quantitative estimate of drug-likeness (QED) is 0.728. The van der Waals surface area contributed by atoms with Crippen LogP contribution in [0.2, 0.25) is 5.02 Å². The number of benzene rings is 2. The number of esters is 1. The van der Waals surface area contributed by atoms with Crippen LogP contribution in [-0.4, -0.2) is 33.2 Å². The summed E-state index contributed by atoms with van der Waals surface area (Å²) in [6.07, 6.45) is -0.00992. The molecule has 0 saturated carbocycles. The minimum atomic E-state index is -0.569. The zero-order chi connectivity index (χ0) is 20.0. The number of methoxy groups -OCH3 is 3. The SMILES string of the molecule is COC(=O)CC(NC(=O)c1cc(OC)c(C)c(OC)c1)c1ccc(Cl)cc1. The van der Waals surface area contributed by atoms with E-state index in [1.54, 1.807) is 36.4 Å². The van der Waals surface area contributed by atoms with Crippen LogP contribution in [0.15, 0.2) is 36.4 Å².